The number of aryl methyl sites for hydroxylation is 3. The average Bonchev–Trinajstić information content (AvgIpc) is 2.79. The van der Waals surface area contributed by atoms with Crippen molar-refractivity contribution in [3.63, 3.8) is 0 Å². The van der Waals surface area contributed by atoms with E-state index >= 15 is 0 Å². The minimum atomic E-state index is 0.798. The van der Waals surface area contributed by atoms with Crippen molar-refractivity contribution in [2.45, 2.75) is 36.1 Å². The Morgan fingerprint density at radius 1 is 1.53 bits per heavy atom. The first-order valence-electron chi connectivity index (χ1n) is 5.53. The van der Waals surface area contributed by atoms with E-state index in [9.17, 15) is 0 Å². The van der Waals surface area contributed by atoms with Crippen LogP contribution in [-0.2, 0) is 13.5 Å². The summed E-state index contributed by atoms with van der Waals surface area (Å²) in [4.78, 5) is 4.43. The van der Waals surface area contributed by atoms with Crippen molar-refractivity contribution in [2.24, 2.45) is 7.05 Å². The van der Waals surface area contributed by atoms with Crippen LogP contribution in [0.1, 0.15) is 24.7 Å². The molecule has 2 aromatic rings. The number of nitrogens with two attached hydrogens (primary N) is 1. The Kier molecular flexibility index (Phi) is 3.73. The van der Waals surface area contributed by atoms with E-state index in [1.165, 1.54) is 0 Å². The maximum absolute atomic E-state index is 6.12. The molecule has 0 unspecified atom stereocenters. The molecule has 0 amide bonds. The van der Waals surface area contributed by atoms with Gasteiger partial charge in [0.15, 0.2) is 4.34 Å². The Morgan fingerprint density at radius 3 is 2.88 bits per heavy atom. The highest BCUT2D eigenvalue weighted by atomic mass is 32.2. The minimum absolute atomic E-state index is 0.798. The van der Waals surface area contributed by atoms with E-state index in [0.717, 1.165) is 39.3 Å². The number of nitrogen functional groups attached to an aromatic ring is 1. The van der Waals surface area contributed by atoms with Crippen molar-refractivity contribution >= 4 is 28.8 Å². The fourth-order valence-corrected chi connectivity index (χ4v) is 3.43. The van der Waals surface area contributed by atoms with Crippen molar-refractivity contribution < 1.29 is 0 Å². The molecule has 6 heteroatoms. The van der Waals surface area contributed by atoms with Crippen LogP contribution in [0, 0.1) is 6.92 Å². The molecule has 2 heterocycles. The van der Waals surface area contributed by atoms with Gasteiger partial charge in [-0.05, 0) is 25.1 Å². The molecule has 0 radical (unpaired) electrons. The summed E-state index contributed by atoms with van der Waals surface area (Å²) in [5.41, 5.74) is 8.96. The summed E-state index contributed by atoms with van der Waals surface area (Å²) in [6.07, 6.45) is 1.98. The molecule has 0 atom stereocenters. The van der Waals surface area contributed by atoms with E-state index < -0.39 is 0 Å². The fraction of sp³-hybridized carbons (Fsp3) is 0.455. The zero-order chi connectivity index (χ0) is 12.4. The van der Waals surface area contributed by atoms with E-state index in [0.29, 0.717) is 0 Å². The molecule has 0 fully saturated rings. The Labute approximate surface area is 109 Å². The van der Waals surface area contributed by atoms with Crippen molar-refractivity contribution in [2.75, 3.05) is 5.73 Å². The van der Waals surface area contributed by atoms with Crippen LogP contribution in [0.25, 0.3) is 0 Å². The molecule has 0 bridgehead atoms. The van der Waals surface area contributed by atoms with E-state index in [4.69, 9.17) is 5.73 Å². The molecule has 0 saturated heterocycles. The maximum atomic E-state index is 6.12. The molecule has 0 aliphatic heterocycles. The molecule has 2 N–H and O–H groups in total. The van der Waals surface area contributed by atoms with E-state index in [1.807, 2.05) is 24.0 Å². The first-order valence-corrected chi connectivity index (χ1v) is 7.22. The lowest BCUT2D eigenvalue weighted by Gasteiger charge is -1.99. The normalized spacial score (nSPS) is 11.0. The molecule has 0 aliphatic rings. The summed E-state index contributed by atoms with van der Waals surface area (Å²) < 4.78 is 2.86. The van der Waals surface area contributed by atoms with Crippen LogP contribution in [0.3, 0.4) is 0 Å². The Bertz CT molecular complexity index is 516. The summed E-state index contributed by atoms with van der Waals surface area (Å²) in [6.45, 7) is 4.13. The van der Waals surface area contributed by atoms with Gasteiger partial charge in [0.1, 0.15) is 5.03 Å². The molecular weight excluding hydrogens is 252 g/mol. The summed E-state index contributed by atoms with van der Waals surface area (Å²) in [5, 5.41) is 7.48. The van der Waals surface area contributed by atoms with Crippen LogP contribution >= 0.6 is 23.1 Å². The lowest BCUT2D eigenvalue weighted by Crippen LogP contribution is -1.93. The first-order chi connectivity index (χ1) is 8.11. The van der Waals surface area contributed by atoms with Gasteiger partial charge in [-0.2, -0.15) is 5.10 Å². The van der Waals surface area contributed by atoms with Crippen molar-refractivity contribution in [1.82, 2.24) is 14.8 Å². The van der Waals surface area contributed by atoms with Gasteiger partial charge < -0.3 is 5.73 Å². The highest BCUT2D eigenvalue weighted by molar-refractivity contribution is 8.01. The third kappa shape index (κ3) is 2.63. The van der Waals surface area contributed by atoms with Crippen molar-refractivity contribution in [1.29, 1.82) is 0 Å². The van der Waals surface area contributed by atoms with Gasteiger partial charge in [0.05, 0.1) is 11.4 Å². The number of thiazole rings is 1. The lowest BCUT2D eigenvalue weighted by molar-refractivity contribution is 0.681. The highest BCUT2D eigenvalue weighted by Gasteiger charge is 2.15. The number of aromatic nitrogens is 3. The second-order valence-electron chi connectivity index (χ2n) is 3.90. The van der Waals surface area contributed by atoms with Crippen molar-refractivity contribution in [3.05, 3.63) is 16.8 Å². The van der Waals surface area contributed by atoms with Crippen LogP contribution in [0.15, 0.2) is 14.7 Å². The van der Waals surface area contributed by atoms with Crippen LogP contribution in [0.5, 0.6) is 0 Å². The lowest BCUT2D eigenvalue weighted by atomic mass is 10.2. The first kappa shape index (κ1) is 12.4. The van der Waals surface area contributed by atoms with Gasteiger partial charge in [-0.1, -0.05) is 13.3 Å². The summed E-state index contributed by atoms with van der Waals surface area (Å²) in [5.74, 6) is 0. The van der Waals surface area contributed by atoms with E-state index in [-0.39, 0.29) is 0 Å². The van der Waals surface area contributed by atoms with Gasteiger partial charge in [-0.3, -0.25) is 4.68 Å². The number of hydrogen-bond donors (Lipinski definition) is 1. The molecule has 4 nitrogen and oxygen atoms in total. The number of hydrogen-bond acceptors (Lipinski definition) is 5. The van der Waals surface area contributed by atoms with Crippen molar-refractivity contribution in [3.8, 4) is 0 Å². The fourth-order valence-electron chi connectivity index (χ4n) is 1.58. The predicted octanol–water partition coefficient (Wildman–Crippen LogP) is 2.87. The summed E-state index contributed by atoms with van der Waals surface area (Å²) in [6, 6.07) is 0. The van der Waals surface area contributed by atoms with Gasteiger partial charge in [-0.25, -0.2) is 4.98 Å². The molecule has 0 saturated carbocycles. The zero-order valence-corrected chi connectivity index (χ0v) is 11.9. The largest absolute Gasteiger partial charge is 0.395 e. The van der Waals surface area contributed by atoms with E-state index in [1.54, 1.807) is 23.1 Å². The number of anilines is 1. The van der Waals surface area contributed by atoms with Crippen LogP contribution in [0.4, 0.5) is 5.69 Å². The second-order valence-corrected chi connectivity index (χ2v) is 5.99. The quantitative estimate of drug-likeness (QED) is 0.926. The molecule has 0 aliphatic carbocycles. The Hall–Kier alpha value is -1.01. The van der Waals surface area contributed by atoms with Gasteiger partial charge in [0.2, 0.25) is 0 Å². The van der Waals surface area contributed by atoms with Gasteiger partial charge >= 0.3 is 0 Å². The third-order valence-corrected chi connectivity index (χ3v) is 4.61. The molecule has 0 aromatic carbocycles. The molecular formula is C11H16N4S2. The smallest absolute Gasteiger partial charge is 0.156 e. The van der Waals surface area contributed by atoms with Gasteiger partial charge in [0.25, 0.3) is 0 Å². The predicted molar refractivity (Wildman–Crippen MR) is 72.6 cm³/mol. The Balaban J connectivity index is 2.26. The summed E-state index contributed by atoms with van der Waals surface area (Å²) >= 11 is 3.23. The third-order valence-electron chi connectivity index (χ3n) is 2.37. The standard InChI is InChI=1S/C11H16N4S2/c1-4-5-8-9(12)10(15(3)14-8)17-11-13-7(2)6-16-11/h6H,4-5,12H2,1-3H3. The highest BCUT2D eigenvalue weighted by Crippen LogP contribution is 2.35. The van der Waals surface area contributed by atoms with Gasteiger partial charge in [0, 0.05) is 18.1 Å². The van der Waals surface area contributed by atoms with E-state index in [2.05, 4.69) is 17.0 Å². The number of rotatable bonds is 4. The SMILES string of the molecule is CCCc1nn(C)c(Sc2nc(C)cs2)c1N. The van der Waals surface area contributed by atoms with Crippen LogP contribution < -0.4 is 5.73 Å². The monoisotopic (exact) mass is 268 g/mol. The number of nitrogens with zero attached hydrogens (tertiary/aromatic N) is 3. The summed E-state index contributed by atoms with van der Waals surface area (Å²) in [7, 11) is 1.93. The Morgan fingerprint density at radius 2 is 2.29 bits per heavy atom. The van der Waals surface area contributed by atoms with Gasteiger partial charge in [-0.15, -0.1) is 11.3 Å². The molecule has 2 aromatic heterocycles. The zero-order valence-electron chi connectivity index (χ0n) is 10.2. The topological polar surface area (TPSA) is 56.7 Å². The minimum Gasteiger partial charge on any atom is -0.395 e. The maximum Gasteiger partial charge on any atom is 0.156 e. The molecule has 2 rings (SSSR count). The molecule has 0 spiro atoms. The molecule has 92 valence electrons. The van der Waals surface area contributed by atoms with Crippen LogP contribution in [-0.4, -0.2) is 14.8 Å². The second kappa shape index (κ2) is 5.10. The molecule has 17 heavy (non-hydrogen) atoms. The average molecular weight is 268 g/mol. The van der Waals surface area contributed by atoms with Crippen LogP contribution in [0.2, 0.25) is 0 Å².